The zero-order valence-electron chi connectivity index (χ0n) is 11.6. The molecule has 2 nitrogen and oxygen atoms in total. The van der Waals surface area contributed by atoms with Crippen molar-refractivity contribution < 1.29 is 5.11 Å². The Morgan fingerprint density at radius 2 is 1.68 bits per heavy atom. The molecule has 0 aliphatic heterocycles. The number of hydrogen-bond donors (Lipinski definition) is 1. The average molecular weight is 255 g/mol. The molecule has 0 aliphatic rings. The van der Waals surface area contributed by atoms with E-state index in [4.69, 9.17) is 0 Å². The maximum Gasteiger partial charge on any atom is 0.0791 e. The zero-order chi connectivity index (χ0) is 13.7. The van der Waals surface area contributed by atoms with E-state index in [1.807, 2.05) is 32.0 Å². The van der Waals surface area contributed by atoms with E-state index in [2.05, 4.69) is 29.2 Å². The average Bonchev–Trinajstić information content (AvgIpc) is 2.38. The number of nitrogens with zero attached hydrogens (tertiary/aromatic N) is 1. The number of benzene rings is 1. The summed E-state index contributed by atoms with van der Waals surface area (Å²) < 4.78 is 0. The van der Waals surface area contributed by atoms with Crippen molar-refractivity contribution in [2.75, 3.05) is 0 Å². The van der Waals surface area contributed by atoms with Crippen LogP contribution in [0.2, 0.25) is 0 Å². The Hall–Kier alpha value is -1.67. The number of hydrogen-bond acceptors (Lipinski definition) is 2. The van der Waals surface area contributed by atoms with Gasteiger partial charge in [-0.05, 0) is 56.4 Å². The molecule has 1 N–H and O–H groups in total. The summed E-state index contributed by atoms with van der Waals surface area (Å²) in [6, 6.07) is 14.4. The molecule has 1 atom stereocenters. The lowest BCUT2D eigenvalue weighted by molar-refractivity contribution is 0.164. The second-order valence-electron chi connectivity index (χ2n) is 5.08. The predicted octanol–water partition coefficient (Wildman–Crippen LogP) is 3.75. The maximum absolute atomic E-state index is 10.2. The molecule has 2 aromatic rings. The quantitative estimate of drug-likeness (QED) is 0.882. The molecule has 0 aliphatic carbocycles. The number of aliphatic hydroxyl groups excluding tert-OH is 1. The lowest BCUT2D eigenvalue weighted by atomic mass is 10.0. The Morgan fingerprint density at radius 1 is 1.05 bits per heavy atom. The summed E-state index contributed by atoms with van der Waals surface area (Å²) in [4.78, 5) is 4.33. The highest BCUT2D eigenvalue weighted by atomic mass is 16.3. The van der Waals surface area contributed by atoms with Crippen LogP contribution in [0.4, 0.5) is 0 Å². The van der Waals surface area contributed by atoms with Gasteiger partial charge in [0.2, 0.25) is 0 Å². The monoisotopic (exact) mass is 255 g/mol. The molecular weight excluding hydrogens is 234 g/mol. The van der Waals surface area contributed by atoms with Crippen LogP contribution in [0.5, 0.6) is 0 Å². The van der Waals surface area contributed by atoms with E-state index in [-0.39, 0.29) is 6.10 Å². The molecule has 0 spiro atoms. The summed E-state index contributed by atoms with van der Waals surface area (Å²) >= 11 is 0. The first-order chi connectivity index (χ1) is 9.15. The highest BCUT2D eigenvalue weighted by Gasteiger charge is 2.08. The van der Waals surface area contributed by atoms with E-state index in [0.717, 1.165) is 36.2 Å². The van der Waals surface area contributed by atoms with Gasteiger partial charge in [-0.1, -0.05) is 30.3 Å². The largest absolute Gasteiger partial charge is 0.388 e. The van der Waals surface area contributed by atoms with Crippen LogP contribution in [0.25, 0.3) is 0 Å². The summed E-state index contributed by atoms with van der Waals surface area (Å²) in [6.45, 7) is 3.93. The Kier molecular flexibility index (Phi) is 4.69. The molecule has 0 fully saturated rings. The van der Waals surface area contributed by atoms with Crippen LogP contribution in [-0.4, -0.2) is 10.1 Å². The molecule has 2 heteroatoms. The van der Waals surface area contributed by atoms with Gasteiger partial charge in [0.05, 0.1) is 6.10 Å². The van der Waals surface area contributed by atoms with Gasteiger partial charge in [0.25, 0.3) is 0 Å². The van der Waals surface area contributed by atoms with E-state index in [1.54, 1.807) is 0 Å². The highest BCUT2D eigenvalue weighted by Crippen LogP contribution is 2.20. The van der Waals surface area contributed by atoms with Gasteiger partial charge in [0.1, 0.15) is 0 Å². The van der Waals surface area contributed by atoms with E-state index in [1.165, 1.54) is 5.56 Å². The first kappa shape index (κ1) is 13.8. The molecule has 1 unspecified atom stereocenters. The van der Waals surface area contributed by atoms with E-state index >= 15 is 0 Å². The summed E-state index contributed by atoms with van der Waals surface area (Å²) in [5, 5.41) is 10.2. The summed E-state index contributed by atoms with van der Waals surface area (Å²) in [6.07, 6.45) is 2.41. The number of pyridine rings is 1. The summed E-state index contributed by atoms with van der Waals surface area (Å²) in [5.74, 6) is 0. The van der Waals surface area contributed by atoms with E-state index in [9.17, 15) is 5.11 Å². The van der Waals surface area contributed by atoms with Gasteiger partial charge in [-0.15, -0.1) is 0 Å². The highest BCUT2D eigenvalue weighted by molar-refractivity contribution is 5.22. The summed E-state index contributed by atoms with van der Waals surface area (Å²) in [7, 11) is 0. The maximum atomic E-state index is 10.2. The SMILES string of the molecule is Cc1cc(C(O)CCCc2ccccc2)cc(C)n1. The Morgan fingerprint density at radius 3 is 2.32 bits per heavy atom. The molecule has 1 aromatic heterocycles. The Labute approximate surface area is 115 Å². The molecule has 0 saturated heterocycles. The molecule has 100 valence electrons. The van der Waals surface area contributed by atoms with Gasteiger partial charge in [0.15, 0.2) is 0 Å². The standard InChI is InChI=1S/C17H21NO/c1-13-11-16(12-14(2)18-13)17(19)10-6-9-15-7-4-3-5-8-15/h3-5,7-8,11-12,17,19H,6,9-10H2,1-2H3. The Balaban J connectivity index is 1.89. The van der Waals surface area contributed by atoms with Gasteiger partial charge in [0, 0.05) is 11.4 Å². The van der Waals surface area contributed by atoms with Gasteiger partial charge in [-0.2, -0.15) is 0 Å². The summed E-state index contributed by atoms with van der Waals surface area (Å²) in [5.41, 5.74) is 4.25. The third kappa shape index (κ3) is 4.18. The normalized spacial score (nSPS) is 12.4. The van der Waals surface area contributed by atoms with Crippen LogP contribution in [0.3, 0.4) is 0 Å². The van der Waals surface area contributed by atoms with Crippen molar-refractivity contribution in [1.29, 1.82) is 0 Å². The molecule has 2 rings (SSSR count). The van der Waals surface area contributed by atoms with Gasteiger partial charge in [-0.25, -0.2) is 0 Å². The fraction of sp³-hybridized carbons (Fsp3) is 0.353. The second kappa shape index (κ2) is 6.48. The van der Waals surface area contributed by atoms with Crippen molar-refractivity contribution in [2.45, 2.75) is 39.2 Å². The second-order valence-corrected chi connectivity index (χ2v) is 5.08. The van der Waals surface area contributed by atoms with Crippen molar-refractivity contribution in [3.8, 4) is 0 Å². The van der Waals surface area contributed by atoms with E-state index in [0.29, 0.717) is 0 Å². The number of aromatic nitrogens is 1. The lowest BCUT2D eigenvalue weighted by Crippen LogP contribution is -2.01. The van der Waals surface area contributed by atoms with Crippen molar-refractivity contribution in [1.82, 2.24) is 4.98 Å². The lowest BCUT2D eigenvalue weighted by Gasteiger charge is -2.12. The van der Waals surface area contributed by atoms with Crippen LogP contribution in [0.15, 0.2) is 42.5 Å². The minimum atomic E-state index is -0.385. The molecule has 0 saturated carbocycles. The predicted molar refractivity (Wildman–Crippen MR) is 78.1 cm³/mol. The minimum Gasteiger partial charge on any atom is -0.388 e. The fourth-order valence-corrected chi connectivity index (χ4v) is 2.37. The first-order valence-electron chi connectivity index (χ1n) is 6.82. The van der Waals surface area contributed by atoms with E-state index < -0.39 is 0 Å². The molecule has 1 aromatic carbocycles. The Bertz CT molecular complexity index is 502. The van der Waals surface area contributed by atoms with Crippen LogP contribution < -0.4 is 0 Å². The number of rotatable bonds is 5. The molecular formula is C17H21NO. The number of aryl methyl sites for hydroxylation is 3. The van der Waals surface area contributed by atoms with Crippen LogP contribution in [0.1, 0.15) is 41.5 Å². The molecule has 0 radical (unpaired) electrons. The number of aliphatic hydroxyl groups is 1. The third-order valence-electron chi connectivity index (χ3n) is 3.27. The molecule has 0 amide bonds. The third-order valence-corrected chi connectivity index (χ3v) is 3.27. The van der Waals surface area contributed by atoms with Crippen molar-refractivity contribution in [2.24, 2.45) is 0 Å². The van der Waals surface area contributed by atoms with Gasteiger partial charge in [-0.3, -0.25) is 4.98 Å². The van der Waals surface area contributed by atoms with Gasteiger partial charge < -0.3 is 5.11 Å². The minimum absolute atomic E-state index is 0.385. The van der Waals surface area contributed by atoms with Crippen molar-refractivity contribution in [3.63, 3.8) is 0 Å². The first-order valence-corrected chi connectivity index (χ1v) is 6.82. The molecule has 1 heterocycles. The topological polar surface area (TPSA) is 33.1 Å². The van der Waals surface area contributed by atoms with Gasteiger partial charge >= 0.3 is 0 Å². The van der Waals surface area contributed by atoms with Crippen molar-refractivity contribution >= 4 is 0 Å². The fourth-order valence-electron chi connectivity index (χ4n) is 2.37. The smallest absolute Gasteiger partial charge is 0.0791 e. The van der Waals surface area contributed by atoms with Crippen LogP contribution in [0, 0.1) is 13.8 Å². The van der Waals surface area contributed by atoms with Crippen LogP contribution in [-0.2, 0) is 6.42 Å². The zero-order valence-corrected chi connectivity index (χ0v) is 11.6. The molecule has 0 bridgehead atoms. The van der Waals surface area contributed by atoms with Crippen LogP contribution >= 0.6 is 0 Å². The molecule has 19 heavy (non-hydrogen) atoms. The van der Waals surface area contributed by atoms with Crippen molar-refractivity contribution in [3.05, 3.63) is 65.0 Å².